The maximum absolute atomic E-state index is 4.77. The van der Waals surface area contributed by atoms with Gasteiger partial charge in [-0.2, -0.15) is 0 Å². The molecule has 2 aromatic heterocycles. The summed E-state index contributed by atoms with van der Waals surface area (Å²) in [6.45, 7) is 8.77. The number of unbranched alkanes of at least 4 members (excludes halogenated alkanes) is 21. The summed E-state index contributed by atoms with van der Waals surface area (Å²) in [5.74, 6) is 0. The first-order chi connectivity index (χ1) is 21.8. The lowest BCUT2D eigenvalue weighted by molar-refractivity contribution is 0.524. The minimum absolute atomic E-state index is 0.973. The highest BCUT2D eigenvalue weighted by molar-refractivity contribution is 4.94. The lowest BCUT2D eigenvalue weighted by Crippen LogP contribution is -2.06. The molecule has 44 heavy (non-hydrogen) atoms. The van der Waals surface area contributed by atoms with Gasteiger partial charge in [-0.25, -0.2) is 0 Å². The zero-order valence-corrected chi connectivity index (χ0v) is 29.2. The van der Waals surface area contributed by atoms with E-state index in [9.17, 15) is 0 Å². The van der Waals surface area contributed by atoms with Crippen LogP contribution in [0.4, 0.5) is 0 Å². The standard InChI is InChI=1S/C40H70N4/c1-3-5-7-9-11-15-19-23-31-41-39-27-35-43(36-28-39)33-25-21-17-13-14-18-22-26-34-44-37-29-40(30-38-44)42-32-24-20-16-12-10-8-6-4-2/h27-30,35-38H,3-26,31-34H2,1-2H3. The van der Waals surface area contributed by atoms with Gasteiger partial charge < -0.3 is 9.13 Å². The predicted molar refractivity (Wildman–Crippen MR) is 192 cm³/mol. The fraction of sp³-hybridized carbons (Fsp3) is 0.750. The molecule has 2 rings (SSSR count). The van der Waals surface area contributed by atoms with Gasteiger partial charge in [0.15, 0.2) is 0 Å². The van der Waals surface area contributed by atoms with Crippen molar-refractivity contribution in [2.45, 2.75) is 181 Å². The van der Waals surface area contributed by atoms with Gasteiger partial charge in [0, 0.05) is 51.0 Å². The Labute approximate surface area is 272 Å². The van der Waals surface area contributed by atoms with E-state index in [0.717, 1.165) is 36.9 Å². The highest BCUT2D eigenvalue weighted by Crippen LogP contribution is 2.11. The van der Waals surface area contributed by atoms with Crippen molar-refractivity contribution in [3.8, 4) is 0 Å². The largest absolute Gasteiger partial charge is 0.354 e. The first kappa shape index (κ1) is 38.1. The van der Waals surface area contributed by atoms with Crippen molar-refractivity contribution in [2.24, 2.45) is 9.98 Å². The molecule has 2 heterocycles. The van der Waals surface area contributed by atoms with Gasteiger partial charge in [-0.3, -0.25) is 9.98 Å². The van der Waals surface area contributed by atoms with Crippen molar-refractivity contribution >= 4 is 0 Å². The first-order valence-corrected chi connectivity index (χ1v) is 19.1. The molecular weight excluding hydrogens is 536 g/mol. The quantitative estimate of drug-likeness (QED) is 0.0826. The molecule has 4 heteroatoms. The number of aromatic nitrogens is 2. The lowest BCUT2D eigenvalue weighted by atomic mass is 10.1. The third kappa shape index (κ3) is 21.6. The molecule has 2 aromatic rings. The summed E-state index contributed by atoms with van der Waals surface area (Å²) in [5, 5.41) is 2.28. The molecule has 0 aliphatic rings. The van der Waals surface area contributed by atoms with Crippen LogP contribution >= 0.6 is 0 Å². The smallest absolute Gasteiger partial charge is 0.0603 e. The van der Waals surface area contributed by atoms with Crippen LogP contribution in [0.3, 0.4) is 0 Å². The Morgan fingerprint density at radius 1 is 0.364 bits per heavy atom. The van der Waals surface area contributed by atoms with E-state index in [1.165, 1.54) is 154 Å². The van der Waals surface area contributed by atoms with E-state index in [2.05, 4.69) is 72.0 Å². The average Bonchev–Trinajstić information content (AvgIpc) is 3.05. The summed E-state index contributed by atoms with van der Waals surface area (Å²) >= 11 is 0. The van der Waals surface area contributed by atoms with Crippen LogP contribution < -0.4 is 10.7 Å². The molecule has 0 aromatic carbocycles. The zero-order chi connectivity index (χ0) is 31.2. The Morgan fingerprint density at radius 2 is 0.636 bits per heavy atom. The summed E-state index contributed by atoms with van der Waals surface area (Å²) in [5.41, 5.74) is 0. The summed E-state index contributed by atoms with van der Waals surface area (Å²) in [7, 11) is 0. The summed E-state index contributed by atoms with van der Waals surface area (Å²) in [4.78, 5) is 9.55. The number of nitrogens with zero attached hydrogens (tertiary/aromatic N) is 4. The van der Waals surface area contributed by atoms with Crippen LogP contribution in [-0.2, 0) is 13.1 Å². The third-order valence-corrected chi connectivity index (χ3v) is 8.94. The number of hydrogen-bond donors (Lipinski definition) is 0. The fourth-order valence-corrected chi connectivity index (χ4v) is 5.96. The third-order valence-electron chi connectivity index (χ3n) is 8.94. The van der Waals surface area contributed by atoms with E-state index >= 15 is 0 Å². The molecule has 0 amide bonds. The number of hydrogen-bond acceptors (Lipinski definition) is 2. The van der Waals surface area contributed by atoms with E-state index in [1.807, 2.05) is 0 Å². The molecular formula is C40H70N4. The Bertz CT molecular complexity index is 910. The molecule has 0 atom stereocenters. The minimum Gasteiger partial charge on any atom is -0.354 e. The highest BCUT2D eigenvalue weighted by atomic mass is 14.9. The van der Waals surface area contributed by atoms with Crippen LogP contribution in [0.1, 0.15) is 168 Å². The molecule has 0 N–H and O–H groups in total. The molecule has 0 bridgehead atoms. The van der Waals surface area contributed by atoms with Gasteiger partial charge in [-0.05, 0) is 49.9 Å². The second kappa shape index (κ2) is 28.4. The van der Waals surface area contributed by atoms with Crippen molar-refractivity contribution in [3.05, 3.63) is 59.8 Å². The topological polar surface area (TPSA) is 34.6 Å². The van der Waals surface area contributed by atoms with E-state index in [4.69, 9.17) is 9.98 Å². The molecule has 0 fully saturated rings. The van der Waals surface area contributed by atoms with Crippen LogP contribution in [0.15, 0.2) is 59.0 Å². The maximum Gasteiger partial charge on any atom is 0.0603 e. The van der Waals surface area contributed by atoms with Gasteiger partial charge >= 0.3 is 0 Å². The zero-order valence-electron chi connectivity index (χ0n) is 29.2. The fourth-order valence-electron chi connectivity index (χ4n) is 5.96. The molecule has 0 saturated heterocycles. The lowest BCUT2D eigenvalue weighted by Gasteiger charge is -2.07. The van der Waals surface area contributed by atoms with E-state index in [-0.39, 0.29) is 0 Å². The van der Waals surface area contributed by atoms with Gasteiger partial charge in [0.25, 0.3) is 0 Å². The Balaban J connectivity index is 1.40. The van der Waals surface area contributed by atoms with E-state index in [0.29, 0.717) is 0 Å². The van der Waals surface area contributed by atoms with Crippen LogP contribution in [0.2, 0.25) is 0 Å². The van der Waals surface area contributed by atoms with E-state index < -0.39 is 0 Å². The second-order valence-electron chi connectivity index (χ2n) is 13.1. The predicted octanol–water partition coefficient (Wildman–Crippen LogP) is 11.2. The molecule has 0 aliphatic heterocycles. The van der Waals surface area contributed by atoms with E-state index in [1.54, 1.807) is 0 Å². The van der Waals surface area contributed by atoms with Crippen LogP contribution in [-0.4, -0.2) is 22.2 Å². The van der Waals surface area contributed by atoms with Crippen molar-refractivity contribution < 1.29 is 0 Å². The van der Waals surface area contributed by atoms with Gasteiger partial charge in [0.05, 0.1) is 10.7 Å². The van der Waals surface area contributed by atoms with Crippen LogP contribution in [0, 0.1) is 0 Å². The van der Waals surface area contributed by atoms with Gasteiger partial charge in [0.1, 0.15) is 0 Å². The maximum atomic E-state index is 4.77. The van der Waals surface area contributed by atoms with Crippen LogP contribution in [0.5, 0.6) is 0 Å². The molecule has 0 radical (unpaired) electrons. The molecule has 0 saturated carbocycles. The molecule has 0 aliphatic carbocycles. The molecule has 250 valence electrons. The number of rotatable bonds is 29. The number of aryl methyl sites for hydroxylation is 2. The summed E-state index contributed by atoms with van der Waals surface area (Å²) < 4.78 is 4.65. The minimum atomic E-state index is 0.973. The molecule has 0 spiro atoms. The monoisotopic (exact) mass is 607 g/mol. The molecule has 0 unspecified atom stereocenters. The molecule has 4 nitrogen and oxygen atoms in total. The highest BCUT2D eigenvalue weighted by Gasteiger charge is 1.96. The normalized spacial score (nSPS) is 11.2. The number of pyridine rings is 2. The van der Waals surface area contributed by atoms with Crippen molar-refractivity contribution in [1.29, 1.82) is 0 Å². The first-order valence-electron chi connectivity index (χ1n) is 19.1. The van der Waals surface area contributed by atoms with Crippen molar-refractivity contribution in [2.75, 3.05) is 13.1 Å². The SMILES string of the molecule is CCCCCCCCCCN=c1ccn(CCCCCCCCCCn2ccc(=NCCCCCCCCCC)cc2)cc1. The second-order valence-corrected chi connectivity index (χ2v) is 13.1. The van der Waals surface area contributed by atoms with Gasteiger partial charge in [-0.15, -0.1) is 0 Å². The Hall–Kier alpha value is -2.10. The average molecular weight is 607 g/mol. The Kier molecular flexibility index (Phi) is 24.6. The van der Waals surface area contributed by atoms with Crippen molar-refractivity contribution in [1.82, 2.24) is 9.13 Å². The summed E-state index contributed by atoms with van der Waals surface area (Å²) in [6.07, 6.45) is 41.4. The van der Waals surface area contributed by atoms with Gasteiger partial charge in [0.2, 0.25) is 0 Å². The van der Waals surface area contributed by atoms with Crippen LogP contribution in [0.25, 0.3) is 0 Å². The summed E-state index contributed by atoms with van der Waals surface area (Å²) in [6, 6.07) is 8.74. The Morgan fingerprint density at radius 3 is 0.955 bits per heavy atom. The van der Waals surface area contributed by atoms with Gasteiger partial charge in [-0.1, -0.05) is 142 Å². The van der Waals surface area contributed by atoms with Crippen molar-refractivity contribution in [3.63, 3.8) is 0 Å².